The van der Waals surface area contributed by atoms with Gasteiger partial charge in [-0.3, -0.25) is 0 Å². The summed E-state index contributed by atoms with van der Waals surface area (Å²) < 4.78 is 36.1. The summed E-state index contributed by atoms with van der Waals surface area (Å²) >= 11 is 12.0. The van der Waals surface area contributed by atoms with E-state index in [9.17, 15) is 19.1 Å². The number of halogens is 3. The van der Waals surface area contributed by atoms with Crippen molar-refractivity contribution in [3.05, 3.63) is 88.2 Å². The predicted octanol–water partition coefficient (Wildman–Crippen LogP) is 6.90. The van der Waals surface area contributed by atoms with E-state index in [-0.39, 0.29) is 25.3 Å². The van der Waals surface area contributed by atoms with E-state index >= 15 is 0 Å². The highest BCUT2D eigenvalue weighted by molar-refractivity contribution is 6.34. The molecule has 220 valence electrons. The summed E-state index contributed by atoms with van der Waals surface area (Å²) in [6.45, 7) is 3.08. The Balaban J connectivity index is 1.53. The Hall–Kier alpha value is -3.53. The smallest absolute Gasteiger partial charge is 0.415 e. The van der Waals surface area contributed by atoms with Gasteiger partial charge in [-0.1, -0.05) is 47.5 Å². The fourth-order valence-corrected chi connectivity index (χ4v) is 4.32. The zero-order valence-corrected chi connectivity index (χ0v) is 24.1. The van der Waals surface area contributed by atoms with Gasteiger partial charge in [0.05, 0.1) is 13.2 Å². The Labute approximate surface area is 248 Å². The van der Waals surface area contributed by atoms with Crippen molar-refractivity contribution in [1.82, 2.24) is 4.90 Å². The van der Waals surface area contributed by atoms with Gasteiger partial charge >= 0.3 is 12.1 Å². The maximum Gasteiger partial charge on any atom is 0.415 e. The molecular formula is C30H32Cl2FNO7. The van der Waals surface area contributed by atoms with Gasteiger partial charge < -0.3 is 29.0 Å². The normalized spacial score (nSPS) is 11.5. The molecule has 41 heavy (non-hydrogen) atoms. The number of hydrogen-bond donors (Lipinski definition) is 1. The fraction of sp³-hybridized carbons (Fsp3) is 0.333. The molecule has 3 aromatic rings. The highest BCUT2D eigenvalue weighted by atomic mass is 35.5. The van der Waals surface area contributed by atoms with Crippen LogP contribution in [0, 0.1) is 5.82 Å². The molecule has 0 aliphatic heterocycles. The molecule has 1 atom stereocenters. The zero-order valence-electron chi connectivity index (χ0n) is 22.6. The van der Waals surface area contributed by atoms with Gasteiger partial charge in [0.25, 0.3) is 0 Å². The number of carbonyl (C=O) groups is 2. The second-order valence-corrected chi connectivity index (χ2v) is 9.80. The molecule has 0 saturated heterocycles. The molecule has 3 rings (SSSR count). The van der Waals surface area contributed by atoms with Crippen LogP contribution in [0.1, 0.15) is 25.3 Å². The largest absolute Gasteiger partial charge is 0.493 e. The number of unbranched alkanes of at least 4 members (excludes halogenated alkanes) is 1. The Morgan fingerprint density at radius 2 is 1.59 bits per heavy atom. The van der Waals surface area contributed by atoms with Gasteiger partial charge in [0.2, 0.25) is 0 Å². The van der Waals surface area contributed by atoms with E-state index in [0.717, 1.165) is 5.56 Å². The standard InChI is InChI=1S/C30H32Cl2FNO7/c1-2-38-28(29(35)36)17-21-9-11-24(12-10-21)40-16-14-34(30(37)41-27-8-4-3-7-26(27)33)13-5-6-15-39-25-19-22(31)18-23(32)20-25/h3-4,7-12,18-20,28H,2,5-6,13-17H2,1H3,(H,35,36). The fourth-order valence-electron chi connectivity index (χ4n) is 3.82. The molecule has 0 bridgehead atoms. The molecule has 0 saturated carbocycles. The second-order valence-electron chi connectivity index (χ2n) is 8.92. The summed E-state index contributed by atoms with van der Waals surface area (Å²) in [5.41, 5.74) is 0.788. The number of carboxylic acid groups (broad SMARTS) is 1. The first-order chi connectivity index (χ1) is 19.7. The molecule has 3 aromatic carbocycles. The maximum absolute atomic E-state index is 14.1. The van der Waals surface area contributed by atoms with Crippen molar-refractivity contribution >= 4 is 35.3 Å². The number of para-hydroxylation sites is 1. The Morgan fingerprint density at radius 3 is 2.24 bits per heavy atom. The first kappa shape index (κ1) is 32.0. The number of hydrogen-bond acceptors (Lipinski definition) is 6. The molecule has 0 radical (unpaired) electrons. The summed E-state index contributed by atoms with van der Waals surface area (Å²) in [5, 5.41) is 10.2. The molecule has 0 aliphatic rings. The summed E-state index contributed by atoms with van der Waals surface area (Å²) in [6.07, 6.45) is -0.191. The van der Waals surface area contributed by atoms with Gasteiger partial charge in [0.1, 0.15) is 18.1 Å². The number of ether oxygens (including phenoxy) is 4. The lowest BCUT2D eigenvalue weighted by atomic mass is 10.1. The summed E-state index contributed by atoms with van der Waals surface area (Å²) in [4.78, 5) is 25.7. The minimum absolute atomic E-state index is 0.153. The van der Waals surface area contributed by atoms with Crippen molar-refractivity contribution in [2.45, 2.75) is 32.3 Å². The van der Waals surface area contributed by atoms with E-state index in [2.05, 4.69) is 0 Å². The first-order valence-electron chi connectivity index (χ1n) is 13.1. The molecule has 0 heterocycles. The lowest BCUT2D eigenvalue weighted by Crippen LogP contribution is -2.37. The molecule has 0 spiro atoms. The van der Waals surface area contributed by atoms with E-state index in [1.807, 2.05) is 0 Å². The number of aliphatic carboxylic acids is 1. The Bertz CT molecular complexity index is 1260. The van der Waals surface area contributed by atoms with Crippen molar-refractivity contribution < 1.29 is 38.0 Å². The molecule has 0 fully saturated rings. The third-order valence-electron chi connectivity index (χ3n) is 5.84. The first-order valence-corrected chi connectivity index (χ1v) is 13.9. The molecule has 8 nitrogen and oxygen atoms in total. The van der Waals surface area contributed by atoms with Crippen LogP contribution in [0.15, 0.2) is 66.7 Å². The molecule has 1 unspecified atom stereocenters. The summed E-state index contributed by atoms with van der Waals surface area (Å²) in [5.74, 6) is -0.718. The van der Waals surface area contributed by atoms with E-state index in [1.54, 1.807) is 55.5 Å². The van der Waals surface area contributed by atoms with Crippen LogP contribution in [0.5, 0.6) is 17.2 Å². The van der Waals surface area contributed by atoms with Gasteiger partial charge in [-0.05, 0) is 67.8 Å². The van der Waals surface area contributed by atoms with Gasteiger partial charge in [-0.15, -0.1) is 0 Å². The van der Waals surface area contributed by atoms with Crippen molar-refractivity contribution in [2.75, 3.05) is 32.9 Å². The highest BCUT2D eigenvalue weighted by Gasteiger charge is 2.19. The maximum atomic E-state index is 14.1. The van der Waals surface area contributed by atoms with Crippen molar-refractivity contribution in [3.63, 3.8) is 0 Å². The van der Waals surface area contributed by atoms with Crippen LogP contribution in [0.2, 0.25) is 10.0 Å². The van der Waals surface area contributed by atoms with Crippen molar-refractivity contribution in [2.24, 2.45) is 0 Å². The monoisotopic (exact) mass is 607 g/mol. The van der Waals surface area contributed by atoms with E-state index in [1.165, 1.54) is 23.1 Å². The van der Waals surface area contributed by atoms with E-state index in [4.69, 9.17) is 42.1 Å². The number of carbonyl (C=O) groups excluding carboxylic acids is 1. The molecule has 0 aromatic heterocycles. The van der Waals surface area contributed by atoms with Crippen LogP contribution in [0.3, 0.4) is 0 Å². The zero-order chi connectivity index (χ0) is 29.6. The third-order valence-corrected chi connectivity index (χ3v) is 6.27. The number of carboxylic acids is 1. The number of benzene rings is 3. The number of amides is 1. The van der Waals surface area contributed by atoms with Crippen LogP contribution < -0.4 is 14.2 Å². The van der Waals surface area contributed by atoms with Crippen molar-refractivity contribution in [1.29, 1.82) is 0 Å². The Morgan fingerprint density at radius 1 is 0.902 bits per heavy atom. The van der Waals surface area contributed by atoms with E-state index < -0.39 is 24.0 Å². The van der Waals surface area contributed by atoms with Gasteiger partial charge in [-0.2, -0.15) is 0 Å². The lowest BCUT2D eigenvalue weighted by Gasteiger charge is -2.22. The molecule has 0 aliphatic carbocycles. The minimum atomic E-state index is -1.02. The van der Waals surface area contributed by atoms with Gasteiger partial charge in [0, 0.05) is 29.6 Å². The summed E-state index contributed by atoms with van der Waals surface area (Å²) in [6, 6.07) is 17.6. The van der Waals surface area contributed by atoms with Crippen LogP contribution in [0.4, 0.5) is 9.18 Å². The summed E-state index contributed by atoms with van der Waals surface area (Å²) in [7, 11) is 0. The second kappa shape index (κ2) is 16.7. The van der Waals surface area contributed by atoms with E-state index in [0.29, 0.717) is 54.1 Å². The highest BCUT2D eigenvalue weighted by Crippen LogP contribution is 2.24. The molecular weight excluding hydrogens is 576 g/mol. The predicted molar refractivity (Wildman–Crippen MR) is 154 cm³/mol. The third kappa shape index (κ3) is 11.1. The average molecular weight is 608 g/mol. The van der Waals surface area contributed by atoms with Gasteiger partial charge in [0.15, 0.2) is 17.7 Å². The molecule has 11 heteroatoms. The minimum Gasteiger partial charge on any atom is -0.493 e. The Kier molecular flexibility index (Phi) is 13.0. The number of nitrogens with zero attached hydrogens (tertiary/aromatic N) is 1. The number of rotatable bonds is 16. The lowest BCUT2D eigenvalue weighted by molar-refractivity contribution is -0.149. The van der Waals surface area contributed by atoms with Crippen LogP contribution in [0.25, 0.3) is 0 Å². The topological polar surface area (TPSA) is 94.5 Å². The average Bonchev–Trinajstić information content (AvgIpc) is 2.93. The van der Waals surface area contributed by atoms with Crippen LogP contribution in [-0.2, 0) is 16.0 Å². The molecule has 1 amide bonds. The van der Waals surface area contributed by atoms with Gasteiger partial charge in [-0.25, -0.2) is 14.0 Å². The van der Waals surface area contributed by atoms with Crippen LogP contribution in [-0.4, -0.2) is 61.1 Å². The molecule has 1 N–H and O–H groups in total. The quantitative estimate of drug-likeness (QED) is 0.177. The van der Waals surface area contributed by atoms with Crippen LogP contribution >= 0.6 is 23.2 Å². The van der Waals surface area contributed by atoms with Crippen molar-refractivity contribution in [3.8, 4) is 17.2 Å². The SMILES string of the molecule is CCOC(Cc1ccc(OCCN(CCCCOc2cc(Cl)cc(Cl)c2)C(=O)Oc2ccccc2F)cc1)C(=O)O.